The SMILES string of the molecule is Cc1ccc2c(C(=O)O)c(C)c(C)c(-c3ccc4ccccc4c3)c2c1C. The first-order chi connectivity index (χ1) is 12.9. The highest BCUT2D eigenvalue weighted by Gasteiger charge is 2.21. The minimum absolute atomic E-state index is 0.412. The van der Waals surface area contributed by atoms with Crippen LogP contribution < -0.4 is 0 Å². The maximum absolute atomic E-state index is 12.0. The average molecular weight is 354 g/mol. The second-order valence-corrected chi connectivity index (χ2v) is 7.30. The minimum Gasteiger partial charge on any atom is -0.478 e. The van der Waals surface area contributed by atoms with Crippen LogP contribution in [0.2, 0.25) is 0 Å². The third-order valence-electron chi connectivity index (χ3n) is 5.82. The van der Waals surface area contributed by atoms with Crippen molar-refractivity contribution in [3.63, 3.8) is 0 Å². The number of carboxylic acid groups (broad SMARTS) is 1. The summed E-state index contributed by atoms with van der Waals surface area (Å²) >= 11 is 0. The van der Waals surface area contributed by atoms with Crippen molar-refractivity contribution < 1.29 is 9.90 Å². The molecule has 0 heterocycles. The van der Waals surface area contributed by atoms with Gasteiger partial charge in [0, 0.05) is 0 Å². The van der Waals surface area contributed by atoms with Crippen molar-refractivity contribution in [1.29, 1.82) is 0 Å². The monoisotopic (exact) mass is 354 g/mol. The summed E-state index contributed by atoms with van der Waals surface area (Å²) in [6.07, 6.45) is 0. The smallest absolute Gasteiger partial charge is 0.336 e. The molecule has 0 fully saturated rings. The number of rotatable bonds is 2. The minimum atomic E-state index is -0.867. The second kappa shape index (κ2) is 6.24. The Labute approximate surface area is 159 Å². The van der Waals surface area contributed by atoms with E-state index in [0.717, 1.165) is 38.6 Å². The number of hydrogen-bond acceptors (Lipinski definition) is 1. The lowest BCUT2D eigenvalue weighted by Gasteiger charge is -2.20. The lowest BCUT2D eigenvalue weighted by molar-refractivity contribution is 0.0698. The molecule has 0 bridgehead atoms. The molecule has 0 amide bonds. The summed E-state index contributed by atoms with van der Waals surface area (Å²) in [6, 6.07) is 18.8. The molecule has 4 aromatic carbocycles. The van der Waals surface area contributed by atoms with Crippen LogP contribution >= 0.6 is 0 Å². The van der Waals surface area contributed by atoms with Gasteiger partial charge in [-0.15, -0.1) is 0 Å². The normalized spacial score (nSPS) is 11.3. The van der Waals surface area contributed by atoms with Crippen molar-refractivity contribution in [2.24, 2.45) is 0 Å². The van der Waals surface area contributed by atoms with Gasteiger partial charge in [-0.25, -0.2) is 4.79 Å². The molecule has 0 spiro atoms. The quantitative estimate of drug-likeness (QED) is 0.441. The van der Waals surface area contributed by atoms with E-state index in [1.807, 2.05) is 38.1 Å². The van der Waals surface area contributed by atoms with Crippen molar-refractivity contribution in [3.8, 4) is 11.1 Å². The predicted octanol–water partition coefficient (Wildman–Crippen LogP) is 6.59. The van der Waals surface area contributed by atoms with Gasteiger partial charge in [0.1, 0.15) is 0 Å². The summed E-state index contributed by atoms with van der Waals surface area (Å²) in [5, 5.41) is 14.1. The van der Waals surface area contributed by atoms with Crippen molar-refractivity contribution in [3.05, 3.63) is 82.4 Å². The summed E-state index contributed by atoms with van der Waals surface area (Å²) in [6.45, 7) is 8.11. The number of carboxylic acids is 1. The molecule has 0 radical (unpaired) electrons. The fourth-order valence-corrected chi connectivity index (χ4v) is 4.09. The van der Waals surface area contributed by atoms with Crippen molar-refractivity contribution in [1.82, 2.24) is 0 Å². The predicted molar refractivity (Wildman–Crippen MR) is 113 cm³/mol. The van der Waals surface area contributed by atoms with E-state index in [1.54, 1.807) is 0 Å². The van der Waals surface area contributed by atoms with Crippen molar-refractivity contribution in [2.45, 2.75) is 27.7 Å². The summed E-state index contributed by atoms with van der Waals surface area (Å²) in [4.78, 5) is 12.0. The molecule has 0 aliphatic rings. The summed E-state index contributed by atoms with van der Waals surface area (Å²) in [5.41, 5.74) is 6.86. The van der Waals surface area contributed by atoms with Crippen LogP contribution in [0.4, 0.5) is 0 Å². The maximum atomic E-state index is 12.0. The van der Waals surface area contributed by atoms with Crippen LogP contribution in [0, 0.1) is 27.7 Å². The Morgan fingerprint density at radius 2 is 1.48 bits per heavy atom. The van der Waals surface area contributed by atoms with E-state index in [1.165, 1.54) is 16.3 Å². The van der Waals surface area contributed by atoms with Gasteiger partial charge in [-0.2, -0.15) is 0 Å². The van der Waals surface area contributed by atoms with Crippen LogP contribution in [0.1, 0.15) is 32.6 Å². The van der Waals surface area contributed by atoms with Crippen LogP contribution in [0.5, 0.6) is 0 Å². The number of benzene rings is 4. The van der Waals surface area contributed by atoms with Gasteiger partial charge in [-0.1, -0.05) is 48.5 Å². The molecule has 0 unspecified atom stereocenters. The van der Waals surface area contributed by atoms with Crippen LogP contribution in [0.25, 0.3) is 32.7 Å². The average Bonchev–Trinajstić information content (AvgIpc) is 2.65. The lowest BCUT2D eigenvalue weighted by atomic mass is 9.84. The maximum Gasteiger partial charge on any atom is 0.336 e. The van der Waals surface area contributed by atoms with Crippen molar-refractivity contribution >= 4 is 27.5 Å². The molecule has 0 atom stereocenters. The first kappa shape index (κ1) is 17.3. The molecule has 134 valence electrons. The molecule has 0 aliphatic heterocycles. The van der Waals surface area contributed by atoms with Gasteiger partial charge in [0.05, 0.1) is 5.56 Å². The molecule has 2 nitrogen and oxygen atoms in total. The number of aryl methyl sites for hydroxylation is 2. The first-order valence-corrected chi connectivity index (χ1v) is 9.15. The van der Waals surface area contributed by atoms with Gasteiger partial charge in [0.15, 0.2) is 0 Å². The molecular formula is C25H22O2. The van der Waals surface area contributed by atoms with Gasteiger partial charge < -0.3 is 5.11 Å². The molecule has 4 aromatic rings. The number of carbonyl (C=O) groups is 1. The molecule has 0 aromatic heterocycles. The van der Waals surface area contributed by atoms with E-state index < -0.39 is 5.97 Å². The van der Waals surface area contributed by atoms with E-state index in [-0.39, 0.29) is 0 Å². The standard InChI is InChI=1S/C25H22O2/c1-14-9-12-21-23(15(14)2)22(16(3)17(4)24(21)25(26)27)20-11-10-18-7-5-6-8-19(18)13-20/h5-13H,1-4H3,(H,26,27). The second-order valence-electron chi connectivity index (χ2n) is 7.30. The molecule has 2 heteroatoms. The fraction of sp³-hybridized carbons (Fsp3) is 0.160. The fourth-order valence-electron chi connectivity index (χ4n) is 4.09. The molecule has 27 heavy (non-hydrogen) atoms. The number of aromatic carboxylic acids is 1. The lowest BCUT2D eigenvalue weighted by Crippen LogP contribution is -2.06. The summed E-state index contributed by atoms with van der Waals surface area (Å²) < 4.78 is 0. The van der Waals surface area contributed by atoms with Crippen molar-refractivity contribution in [2.75, 3.05) is 0 Å². The Morgan fingerprint density at radius 3 is 2.19 bits per heavy atom. The van der Waals surface area contributed by atoms with E-state index in [0.29, 0.717) is 5.56 Å². The van der Waals surface area contributed by atoms with E-state index in [2.05, 4.69) is 44.2 Å². The Balaban J connectivity index is 2.19. The zero-order chi connectivity index (χ0) is 19.3. The molecule has 0 saturated heterocycles. The van der Waals surface area contributed by atoms with E-state index in [9.17, 15) is 9.90 Å². The van der Waals surface area contributed by atoms with Crippen LogP contribution in [0.3, 0.4) is 0 Å². The molecule has 0 aliphatic carbocycles. The Bertz CT molecular complexity index is 1230. The zero-order valence-electron chi connectivity index (χ0n) is 16.1. The van der Waals surface area contributed by atoms with E-state index in [4.69, 9.17) is 0 Å². The molecular weight excluding hydrogens is 332 g/mol. The largest absolute Gasteiger partial charge is 0.478 e. The highest BCUT2D eigenvalue weighted by atomic mass is 16.4. The van der Waals surface area contributed by atoms with Gasteiger partial charge in [0.25, 0.3) is 0 Å². The van der Waals surface area contributed by atoms with Crippen LogP contribution in [0.15, 0.2) is 54.6 Å². The topological polar surface area (TPSA) is 37.3 Å². The van der Waals surface area contributed by atoms with Gasteiger partial charge in [-0.3, -0.25) is 0 Å². The Morgan fingerprint density at radius 1 is 0.778 bits per heavy atom. The van der Waals surface area contributed by atoms with E-state index >= 15 is 0 Å². The molecule has 4 rings (SSSR count). The molecule has 0 saturated carbocycles. The highest BCUT2D eigenvalue weighted by molar-refractivity contribution is 6.12. The van der Waals surface area contributed by atoms with Gasteiger partial charge in [0.2, 0.25) is 0 Å². The third-order valence-corrected chi connectivity index (χ3v) is 5.82. The Hall–Kier alpha value is -3.13. The number of fused-ring (bicyclic) bond motifs is 2. The highest BCUT2D eigenvalue weighted by Crippen LogP contribution is 2.40. The molecule has 1 N–H and O–H groups in total. The first-order valence-electron chi connectivity index (χ1n) is 9.15. The number of hydrogen-bond donors (Lipinski definition) is 1. The third kappa shape index (κ3) is 2.60. The summed E-state index contributed by atoms with van der Waals surface area (Å²) in [5.74, 6) is -0.867. The van der Waals surface area contributed by atoms with Gasteiger partial charge >= 0.3 is 5.97 Å². The van der Waals surface area contributed by atoms with Gasteiger partial charge in [-0.05, 0) is 88.7 Å². The Kier molecular flexibility index (Phi) is 4.00. The van der Waals surface area contributed by atoms with Crippen LogP contribution in [-0.4, -0.2) is 11.1 Å². The summed E-state index contributed by atoms with van der Waals surface area (Å²) in [7, 11) is 0. The zero-order valence-corrected chi connectivity index (χ0v) is 16.1. The van der Waals surface area contributed by atoms with Crippen LogP contribution in [-0.2, 0) is 0 Å².